The predicted molar refractivity (Wildman–Crippen MR) is 82.8 cm³/mol. The highest BCUT2D eigenvalue weighted by molar-refractivity contribution is 9.10. The van der Waals surface area contributed by atoms with Gasteiger partial charge < -0.3 is 10.1 Å². The minimum atomic E-state index is 0.173. The number of rotatable bonds is 4. The van der Waals surface area contributed by atoms with Crippen molar-refractivity contribution < 1.29 is 4.74 Å². The highest BCUT2D eigenvalue weighted by Gasteiger charge is 2.32. The van der Waals surface area contributed by atoms with Crippen LogP contribution in [0.15, 0.2) is 22.7 Å². The number of nitrogens with zero attached hydrogens (tertiary/aromatic N) is 1. The minimum absolute atomic E-state index is 0.173. The Morgan fingerprint density at radius 3 is 2.95 bits per heavy atom. The van der Waals surface area contributed by atoms with Crippen molar-refractivity contribution in [3.05, 3.63) is 33.3 Å². The van der Waals surface area contributed by atoms with E-state index < -0.39 is 0 Å². The van der Waals surface area contributed by atoms with Gasteiger partial charge in [-0.2, -0.15) is 0 Å². The van der Waals surface area contributed by atoms with E-state index in [4.69, 9.17) is 16.3 Å². The molecule has 1 saturated heterocycles. The van der Waals surface area contributed by atoms with Gasteiger partial charge in [0.1, 0.15) is 0 Å². The zero-order valence-corrected chi connectivity index (χ0v) is 13.7. The smallest absolute Gasteiger partial charge is 0.0896 e. The molecule has 1 fully saturated rings. The lowest BCUT2D eigenvalue weighted by atomic mass is 9.98. The molecular formula is C14H20BrClN2O. The second-order valence-electron chi connectivity index (χ2n) is 4.71. The van der Waals surface area contributed by atoms with Crippen molar-refractivity contribution in [2.75, 3.05) is 33.3 Å². The molecule has 0 bridgehead atoms. The summed E-state index contributed by atoms with van der Waals surface area (Å²) in [6, 6.07) is 6.42. The van der Waals surface area contributed by atoms with Crippen molar-refractivity contribution in [1.82, 2.24) is 10.2 Å². The fraction of sp³-hybridized carbons (Fsp3) is 0.571. The summed E-state index contributed by atoms with van der Waals surface area (Å²) in [6.07, 6.45) is 0.173. The predicted octanol–water partition coefficient (Wildman–Crippen LogP) is 3.08. The fourth-order valence-electron chi connectivity index (χ4n) is 2.64. The quantitative estimate of drug-likeness (QED) is 0.906. The number of ether oxygens (including phenoxy) is 1. The van der Waals surface area contributed by atoms with Gasteiger partial charge in [0, 0.05) is 17.6 Å². The highest BCUT2D eigenvalue weighted by atomic mass is 79.9. The Kier molecular flexibility index (Phi) is 5.66. The average molecular weight is 348 g/mol. The second-order valence-corrected chi connectivity index (χ2v) is 5.98. The van der Waals surface area contributed by atoms with Crippen LogP contribution < -0.4 is 5.32 Å². The van der Waals surface area contributed by atoms with E-state index in [9.17, 15) is 0 Å². The summed E-state index contributed by atoms with van der Waals surface area (Å²) in [7, 11) is 1.96. The van der Waals surface area contributed by atoms with Crippen molar-refractivity contribution in [3.8, 4) is 0 Å². The molecule has 0 radical (unpaired) electrons. The Morgan fingerprint density at radius 1 is 1.53 bits per heavy atom. The number of hydrogen-bond donors (Lipinski definition) is 1. The summed E-state index contributed by atoms with van der Waals surface area (Å²) in [6.45, 7) is 5.84. The molecule has 5 heteroatoms. The van der Waals surface area contributed by atoms with E-state index in [1.54, 1.807) is 0 Å². The molecule has 106 valence electrons. The molecule has 1 aromatic carbocycles. The van der Waals surface area contributed by atoms with Gasteiger partial charge in [-0.05, 0) is 47.2 Å². The maximum atomic E-state index is 6.08. The average Bonchev–Trinajstić information content (AvgIpc) is 2.42. The molecular weight excluding hydrogens is 328 g/mol. The molecule has 1 aliphatic rings. The van der Waals surface area contributed by atoms with Gasteiger partial charge in [-0.1, -0.05) is 24.6 Å². The van der Waals surface area contributed by atoms with Gasteiger partial charge >= 0.3 is 0 Å². The van der Waals surface area contributed by atoms with Crippen LogP contribution in [0, 0.1) is 0 Å². The first-order valence-electron chi connectivity index (χ1n) is 6.62. The van der Waals surface area contributed by atoms with Crippen LogP contribution >= 0.6 is 27.5 Å². The van der Waals surface area contributed by atoms with Crippen LogP contribution in [0.5, 0.6) is 0 Å². The van der Waals surface area contributed by atoms with Gasteiger partial charge in [0.05, 0.1) is 23.8 Å². The Labute approximate surface area is 128 Å². The topological polar surface area (TPSA) is 24.5 Å². The van der Waals surface area contributed by atoms with Crippen LogP contribution in [0.4, 0.5) is 0 Å². The highest BCUT2D eigenvalue weighted by Crippen LogP contribution is 2.33. The third kappa shape index (κ3) is 3.50. The van der Waals surface area contributed by atoms with Gasteiger partial charge in [0.25, 0.3) is 0 Å². The van der Waals surface area contributed by atoms with E-state index in [1.807, 2.05) is 13.1 Å². The van der Waals surface area contributed by atoms with E-state index >= 15 is 0 Å². The van der Waals surface area contributed by atoms with Crippen molar-refractivity contribution in [1.29, 1.82) is 0 Å². The molecule has 2 unspecified atom stereocenters. The lowest BCUT2D eigenvalue weighted by molar-refractivity contribution is -0.0686. The summed E-state index contributed by atoms with van der Waals surface area (Å²) >= 11 is 9.59. The molecule has 2 atom stereocenters. The molecule has 0 saturated carbocycles. The molecule has 1 aromatic rings. The number of likely N-dealkylation sites (N-methyl/N-ethyl adjacent to an activating group) is 2. The maximum absolute atomic E-state index is 6.08. The van der Waals surface area contributed by atoms with E-state index in [1.165, 1.54) is 5.56 Å². The van der Waals surface area contributed by atoms with Crippen LogP contribution in [0.3, 0.4) is 0 Å². The number of nitrogens with one attached hydrogen (secondary N) is 1. The van der Waals surface area contributed by atoms with Gasteiger partial charge in [-0.3, -0.25) is 4.90 Å². The molecule has 0 aromatic heterocycles. The Hall–Kier alpha value is -0.130. The molecule has 1 heterocycles. The monoisotopic (exact) mass is 346 g/mol. The first kappa shape index (κ1) is 15.3. The van der Waals surface area contributed by atoms with Gasteiger partial charge in [0.15, 0.2) is 0 Å². The second kappa shape index (κ2) is 7.04. The molecule has 2 rings (SSSR count). The minimum Gasteiger partial charge on any atom is -0.374 e. The van der Waals surface area contributed by atoms with E-state index in [0.717, 1.165) is 35.7 Å². The fourth-order valence-corrected chi connectivity index (χ4v) is 3.15. The summed E-state index contributed by atoms with van der Waals surface area (Å²) < 4.78 is 6.88. The van der Waals surface area contributed by atoms with E-state index in [0.29, 0.717) is 0 Å². The first-order chi connectivity index (χ1) is 9.17. The Bertz CT molecular complexity index is 428. The Balaban J connectivity index is 2.30. The first-order valence-corrected chi connectivity index (χ1v) is 7.79. The van der Waals surface area contributed by atoms with Gasteiger partial charge in [-0.25, -0.2) is 0 Å². The summed E-state index contributed by atoms with van der Waals surface area (Å²) in [5, 5.41) is 3.96. The lowest BCUT2D eigenvalue weighted by Crippen LogP contribution is -2.48. The van der Waals surface area contributed by atoms with Gasteiger partial charge in [-0.15, -0.1) is 0 Å². The zero-order chi connectivity index (χ0) is 13.8. The summed E-state index contributed by atoms with van der Waals surface area (Å²) in [4.78, 5) is 2.46. The van der Waals surface area contributed by atoms with Crippen LogP contribution in [-0.4, -0.2) is 44.3 Å². The molecule has 0 aliphatic carbocycles. The molecule has 19 heavy (non-hydrogen) atoms. The van der Waals surface area contributed by atoms with E-state index in [2.05, 4.69) is 45.2 Å². The Morgan fingerprint density at radius 2 is 2.32 bits per heavy atom. The zero-order valence-electron chi connectivity index (χ0n) is 11.3. The van der Waals surface area contributed by atoms with Crippen molar-refractivity contribution >= 4 is 27.5 Å². The third-order valence-electron chi connectivity index (χ3n) is 3.55. The largest absolute Gasteiger partial charge is 0.374 e. The van der Waals surface area contributed by atoms with Crippen molar-refractivity contribution in [2.45, 2.75) is 19.1 Å². The van der Waals surface area contributed by atoms with E-state index in [-0.39, 0.29) is 12.1 Å². The molecule has 0 amide bonds. The molecule has 1 aliphatic heterocycles. The van der Waals surface area contributed by atoms with Crippen LogP contribution in [-0.2, 0) is 4.74 Å². The third-order valence-corrected chi connectivity index (χ3v) is 4.77. The molecule has 1 N–H and O–H groups in total. The van der Waals surface area contributed by atoms with Gasteiger partial charge in [0.2, 0.25) is 0 Å². The molecule has 3 nitrogen and oxygen atoms in total. The van der Waals surface area contributed by atoms with Crippen LogP contribution in [0.2, 0.25) is 5.02 Å². The van der Waals surface area contributed by atoms with Crippen molar-refractivity contribution in [2.24, 2.45) is 0 Å². The molecule has 0 spiro atoms. The number of hydrogen-bond acceptors (Lipinski definition) is 3. The van der Waals surface area contributed by atoms with Crippen LogP contribution in [0.25, 0.3) is 0 Å². The summed E-state index contributed by atoms with van der Waals surface area (Å²) in [5.41, 5.74) is 1.25. The lowest BCUT2D eigenvalue weighted by Gasteiger charge is -2.41. The number of morpholine rings is 1. The van der Waals surface area contributed by atoms with Crippen molar-refractivity contribution in [3.63, 3.8) is 0 Å². The summed E-state index contributed by atoms with van der Waals surface area (Å²) in [5.74, 6) is 0. The normalized spacial score (nSPS) is 24.6. The number of halogens is 2. The SMILES string of the molecule is CCN1CCOC(CNC)C1c1ccc(Cl)c(Br)c1. The standard InChI is InChI=1S/C14H20BrClN2O/c1-3-18-6-7-19-13(9-17-2)14(18)10-4-5-12(16)11(15)8-10/h4-5,8,13-14,17H,3,6-7,9H2,1-2H3. The number of benzene rings is 1. The van der Waals surface area contributed by atoms with Crippen LogP contribution in [0.1, 0.15) is 18.5 Å². The maximum Gasteiger partial charge on any atom is 0.0896 e.